The van der Waals surface area contributed by atoms with Gasteiger partial charge in [-0.25, -0.2) is 9.97 Å². The Morgan fingerprint density at radius 1 is 0.975 bits per heavy atom. The van der Waals surface area contributed by atoms with Crippen molar-refractivity contribution in [3.05, 3.63) is 91.0 Å². The predicted octanol–water partition coefficient (Wildman–Crippen LogP) is 5.33. The van der Waals surface area contributed by atoms with Gasteiger partial charge in [0.05, 0.1) is 18.4 Å². The molecule has 0 atom stereocenters. The Labute approximate surface area is 236 Å². The number of ether oxygens (including phenoxy) is 1. The van der Waals surface area contributed by atoms with Gasteiger partial charge < -0.3 is 15.0 Å². The molecule has 2 aromatic heterocycles. The van der Waals surface area contributed by atoms with Crippen LogP contribution in [0.5, 0.6) is 5.75 Å². The number of nitrogens with one attached hydrogen (secondary N) is 1. The van der Waals surface area contributed by atoms with Gasteiger partial charge in [-0.2, -0.15) is 0 Å². The first kappa shape index (κ1) is 25.8. The van der Waals surface area contributed by atoms with Crippen LogP contribution >= 0.6 is 11.8 Å². The van der Waals surface area contributed by atoms with Crippen LogP contribution in [0.2, 0.25) is 0 Å². The molecule has 3 aromatic carbocycles. The lowest BCUT2D eigenvalue weighted by atomic mass is 9.95. The number of benzene rings is 3. The molecular formula is C30H29N7O2S. The van der Waals surface area contributed by atoms with Gasteiger partial charge in [0.15, 0.2) is 5.16 Å². The number of fused-ring (bicyclic) bond motifs is 1. The van der Waals surface area contributed by atoms with Gasteiger partial charge in [0, 0.05) is 41.8 Å². The second-order valence-corrected chi connectivity index (χ2v) is 10.5. The summed E-state index contributed by atoms with van der Waals surface area (Å²) in [5.41, 5.74) is 2.64. The summed E-state index contributed by atoms with van der Waals surface area (Å²) in [7, 11) is 1.60. The summed E-state index contributed by atoms with van der Waals surface area (Å²) in [6.45, 7) is 1.72. The highest BCUT2D eigenvalue weighted by atomic mass is 32.2. The molecule has 0 radical (unpaired) electrons. The van der Waals surface area contributed by atoms with E-state index in [1.807, 2.05) is 54.6 Å². The molecule has 1 saturated heterocycles. The summed E-state index contributed by atoms with van der Waals surface area (Å²) in [5, 5.41) is 13.9. The fourth-order valence-electron chi connectivity index (χ4n) is 5.08. The summed E-state index contributed by atoms with van der Waals surface area (Å²) in [4.78, 5) is 24.1. The van der Waals surface area contributed by atoms with E-state index >= 15 is 0 Å². The second kappa shape index (κ2) is 11.7. The molecule has 0 unspecified atom stereocenters. The van der Waals surface area contributed by atoms with Gasteiger partial charge in [-0.15, -0.1) is 10.2 Å². The zero-order valence-corrected chi connectivity index (χ0v) is 22.9. The number of nitrogens with zero attached hydrogens (tertiary/aromatic N) is 6. The number of carbonyl (C=O) groups excluding carboxylic acids is 1. The molecule has 3 heterocycles. The zero-order chi connectivity index (χ0) is 27.3. The summed E-state index contributed by atoms with van der Waals surface area (Å²) in [6.07, 6.45) is 3.48. The van der Waals surface area contributed by atoms with Gasteiger partial charge in [0.2, 0.25) is 5.91 Å². The largest absolute Gasteiger partial charge is 0.497 e. The molecule has 0 spiro atoms. The van der Waals surface area contributed by atoms with Gasteiger partial charge in [0.1, 0.15) is 23.7 Å². The molecule has 0 aliphatic carbocycles. The molecule has 10 heteroatoms. The van der Waals surface area contributed by atoms with E-state index in [1.165, 1.54) is 11.8 Å². The molecule has 6 rings (SSSR count). The quantitative estimate of drug-likeness (QED) is 0.258. The molecule has 9 nitrogen and oxygen atoms in total. The number of rotatable bonds is 8. The average Bonchev–Trinajstić information content (AvgIpc) is 3.44. The van der Waals surface area contributed by atoms with Crippen molar-refractivity contribution in [2.24, 2.45) is 0 Å². The predicted molar refractivity (Wildman–Crippen MR) is 157 cm³/mol. The van der Waals surface area contributed by atoms with Crippen molar-refractivity contribution in [2.45, 2.75) is 23.9 Å². The Kier molecular flexibility index (Phi) is 7.58. The number of hydrogen-bond donors (Lipinski definition) is 1. The van der Waals surface area contributed by atoms with Crippen LogP contribution in [0.15, 0.2) is 90.3 Å². The monoisotopic (exact) mass is 551 g/mol. The Morgan fingerprint density at radius 2 is 1.77 bits per heavy atom. The van der Waals surface area contributed by atoms with Crippen LogP contribution < -0.4 is 15.0 Å². The number of amides is 1. The van der Waals surface area contributed by atoms with Crippen molar-refractivity contribution in [1.82, 2.24) is 24.7 Å². The number of anilines is 2. The van der Waals surface area contributed by atoms with E-state index < -0.39 is 0 Å². The van der Waals surface area contributed by atoms with Crippen LogP contribution in [0.4, 0.5) is 11.5 Å². The summed E-state index contributed by atoms with van der Waals surface area (Å²) < 4.78 is 7.36. The van der Waals surface area contributed by atoms with Gasteiger partial charge in [-0.05, 0) is 49.2 Å². The highest BCUT2D eigenvalue weighted by Crippen LogP contribution is 2.34. The van der Waals surface area contributed by atoms with E-state index in [4.69, 9.17) is 4.74 Å². The molecule has 0 bridgehead atoms. The molecule has 40 heavy (non-hydrogen) atoms. The Hall–Kier alpha value is -4.44. The van der Waals surface area contributed by atoms with Crippen LogP contribution in [-0.2, 0) is 4.79 Å². The Balaban J connectivity index is 1.18. The zero-order valence-electron chi connectivity index (χ0n) is 22.1. The van der Waals surface area contributed by atoms with Crippen LogP contribution in [-0.4, -0.2) is 56.6 Å². The van der Waals surface area contributed by atoms with Gasteiger partial charge >= 0.3 is 0 Å². The molecular weight excluding hydrogens is 522 g/mol. The van der Waals surface area contributed by atoms with E-state index in [-0.39, 0.29) is 17.6 Å². The fourth-order valence-corrected chi connectivity index (χ4v) is 5.84. The molecule has 1 fully saturated rings. The molecule has 5 aromatic rings. The Bertz CT molecular complexity index is 1610. The number of piperidine rings is 1. The van der Waals surface area contributed by atoms with Crippen molar-refractivity contribution in [3.8, 4) is 11.4 Å². The summed E-state index contributed by atoms with van der Waals surface area (Å²) >= 11 is 1.38. The molecule has 202 valence electrons. The van der Waals surface area contributed by atoms with Crippen LogP contribution in [0.25, 0.3) is 16.6 Å². The number of methoxy groups -OCH3 is 1. The Morgan fingerprint density at radius 3 is 2.60 bits per heavy atom. The maximum atomic E-state index is 12.8. The second-order valence-electron chi connectivity index (χ2n) is 9.56. The third-order valence-electron chi connectivity index (χ3n) is 7.04. The lowest BCUT2D eigenvalue weighted by Crippen LogP contribution is -2.34. The molecule has 0 saturated carbocycles. The highest BCUT2D eigenvalue weighted by molar-refractivity contribution is 7.99. The van der Waals surface area contributed by atoms with E-state index in [0.717, 1.165) is 54.2 Å². The number of hydrogen-bond acceptors (Lipinski definition) is 8. The van der Waals surface area contributed by atoms with E-state index in [0.29, 0.717) is 16.6 Å². The topological polar surface area (TPSA) is 98.1 Å². The number of para-hydroxylation sites is 2. The van der Waals surface area contributed by atoms with Gasteiger partial charge in [-0.3, -0.25) is 9.36 Å². The maximum absolute atomic E-state index is 12.8. The van der Waals surface area contributed by atoms with Crippen molar-refractivity contribution >= 4 is 40.1 Å². The van der Waals surface area contributed by atoms with E-state index in [1.54, 1.807) is 19.5 Å². The van der Waals surface area contributed by atoms with Crippen molar-refractivity contribution < 1.29 is 9.53 Å². The first-order chi connectivity index (χ1) is 19.7. The fraction of sp³-hybridized carbons (Fsp3) is 0.233. The third-order valence-corrected chi connectivity index (χ3v) is 7.97. The van der Waals surface area contributed by atoms with Crippen molar-refractivity contribution in [3.63, 3.8) is 0 Å². The molecule has 1 aliphatic heterocycles. The first-order valence-corrected chi connectivity index (χ1v) is 14.2. The minimum Gasteiger partial charge on any atom is -0.497 e. The highest BCUT2D eigenvalue weighted by Gasteiger charge is 2.28. The summed E-state index contributed by atoms with van der Waals surface area (Å²) in [5.74, 6) is 2.92. The first-order valence-electron chi connectivity index (χ1n) is 13.2. The van der Waals surface area contributed by atoms with Crippen LogP contribution in [0.3, 0.4) is 0 Å². The molecule has 1 aliphatic rings. The normalized spacial score (nSPS) is 13.9. The van der Waals surface area contributed by atoms with Crippen molar-refractivity contribution in [2.75, 3.05) is 36.2 Å². The summed E-state index contributed by atoms with van der Waals surface area (Å²) in [6, 6.07) is 25.6. The van der Waals surface area contributed by atoms with Crippen LogP contribution in [0, 0.1) is 0 Å². The minimum absolute atomic E-state index is 0.118. The number of thioether (sulfide) groups is 1. The number of carbonyl (C=O) groups is 1. The third kappa shape index (κ3) is 5.48. The lowest BCUT2D eigenvalue weighted by Gasteiger charge is -2.33. The maximum Gasteiger partial charge on any atom is 0.234 e. The van der Waals surface area contributed by atoms with Gasteiger partial charge in [0.25, 0.3) is 0 Å². The number of aromatic nitrogens is 5. The average molecular weight is 552 g/mol. The molecule has 1 amide bonds. The van der Waals surface area contributed by atoms with E-state index in [2.05, 4.69) is 53.1 Å². The SMILES string of the molecule is COc1cccc(NC(=O)CSc2nnc(C3CCN(c4ncnc5ccccc45)CC3)n2-c2ccccc2)c1. The molecule has 1 N–H and O–H groups in total. The van der Waals surface area contributed by atoms with Crippen LogP contribution in [0.1, 0.15) is 24.6 Å². The standard InChI is InChI=1S/C30H29N7O2S/c1-39-24-11-7-8-22(18-24)33-27(38)19-40-30-35-34-28(37(30)23-9-3-2-4-10-23)21-14-16-36(17-15-21)29-25-12-5-6-13-26(25)31-20-32-29/h2-13,18,20-21H,14-17,19H2,1H3,(H,33,38). The smallest absolute Gasteiger partial charge is 0.234 e. The van der Waals surface area contributed by atoms with Gasteiger partial charge in [-0.1, -0.05) is 48.2 Å². The minimum atomic E-state index is -0.118. The van der Waals surface area contributed by atoms with Crippen molar-refractivity contribution in [1.29, 1.82) is 0 Å². The van der Waals surface area contributed by atoms with E-state index in [9.17, 15) is 4.79 Å². The lowest BCUT2D eigenvalue weighted by molar-refractivity contribution is -0.113.